The van der Waals surface area contributed by atoms with Crippen LogP contribution in [0.2, 0.25) is 0 Å². The third-order valence-corrected chi connectivity index (χ3v) is 4.88. The Hall–Kier alpha value is -2.73. The van der Waals surface area contributed by atoms with E-state index in [2.05, 4.69) is 15.5 Å². The molecule has 26 heavy (non-hydrogen) atoms. The van der Waals surface area contributed by atoms with E-state index >= 15 is 0 Å². The van der Waals surface area contributed by atoms with E-state index in [0.29, 0.717) is 11.6 Å². The number of aromatic nitrogens is 2. The Bertz CT molecular complexity index is 832. The van der Waals surface area contributed by atoms with E-state index in [0.717, 1.165) is 35.6 Å². The molecule has 0 saturated heterocycles. The molecule has 0 radical (unpaired) electrons. The molecule has 1 heterocycles. The number of carbonyl (C=O) groups excluding carboxylic acids is 1. The van der Waals surface area contributed by atoms with Gasteiger partial charge in [-0.15, -0.1) is 10.2 Å². The van der Waals surface area contributed by atoms with Gasteiger partial charge in [0.25, 0.3) is 0 Å². The van der Waals surface area contributed by atoms with E-state index in [1.54, 1.807) is 7.11 Å². The highest BCUT2D eigenvalue weighted by atomic mass is 32.1. The highest BCUT2D eigenvalue weighted by molar-refractivity contribution is 7.15. The summed E-state index contributed by atoms with van der Waals surface area (Å²) in [7, 11) is 1.66. The van der Waals surface area contributed by atoms with Gasteiger partial charge in [-0.1, -0.05) is 53.8 Å². The van der Waals surface area contributed by atoms with Gasteiger partial charge in [-0.3, -0.25) is 4.79 Å². The van der Waals surface area contributed by atoms with E-state index in [1.807, 2.05) is 54.6 Å². The Morgan fingerprint density at radius 2 is 1.69 bits per heavy atom. The molecule has 0 unspecified atom stereocenters. The first kappa shape index (κ1) is 18.1. The van der Waals surface area contributed by atoms with Crippen LogP contribution in [0.3, 0.4) is 0 Å². The topological polar surface area (TPSA) is 64.1 Å². The molecule has 0 atom stereocenters. The first-order valence-electron chi connectivity index (χ1n) is 8.52. The van der Waals surface area contributed by atoms with Crippen molar-refractivity contribution in [2.45, 2.75) is 25.7 Å². The van der Waals surface area contributed by atoms with Gasteiger partial charge in [0.1, 0.15) is 10.8 Å². The van der Waals surface area contributed by atoms with Crippen LogP contribution in [-0.4, -0.2) is 23.2 Å². The zero-order valence-corrected chi connectivity index (χ0v) is 15.5. The van der Waals surface area contributed by atoms with Crippen LogP contribution in [0.25, 0.3) is 0 Å². The molecule has 2 aromatic carbocycles. The van der Waals surface area contributed by atoms with Gasteiger partial charge in [0, 0.05) is 12.8 Å². The molecule has 134 valence electrons. The van der Waals surface area contributed by atoms with Crippen molar-refractivity contribution in [3.05, 3.63) is 70.7 Å². The number of amides is 1. The summed E-state index contributed by atoms with van der Waals surface area (Å²) in [6.07, 6.45) is 2.82. The SMILES string of the molecule is COc1ccc(CCc2nnc(NC(=O)CCc3ccccc3)s2)cc1. The Morgan fingerprint density at radius 1 is 0.962 bits per heavy atom. The summed E-state index contributed by atoms with van der Waals surface area (Å²) < 4.78 is 5.16. The molecule has 0 aliphatic heterocycles. The second kappa shape index (κ2) is 9.10. The summed E-state index contributed by atoms with van der Waals surface area (Å²) in [6.45, 7) is 0. The number of nitrogens with zero attached hydrogens (tertiary/aromatic N) is 2. The fraction of sp³-hybridized carbons (Fsp3) is 0.250. The van der Waals surface area contributed by atoms with E-state index in [-0.39, 0.29) is 5.91 Å². The van der Waals surface area contributed by atoms with Crippen molar-refractivity contribution in [2.24, 2.45) is 0 Å². The maximum Gasteiger partial charge on any atom is 0.226 e. The Balaban J connectivity index is 1.45. The maximum absolute atomic E-state index is 12.1. The smallest absolute Gasteiger partial charge is 0.226 e. The lowest BCUT2D eigenvalue weighted by molar-refractivity contribution is -0.116. The number of rotatable bonds is 8. The Labute approximate surface area is 157 Å². The van der Waals surface area contributed by atoms with E-state index in [1.165, 1.54) is 16.9 Å². The number of methoxy groups -OCH3 is 1. The highest BCUT2D eigenvalue weighted by Gasteiger charge is 2.09. The molecular weight excluding hydrogens is 346 g/mol. The second-order valence-corrected chi connectivity index (χ2v) is 6.94. The molecule has 1 N–H and O–H groups in total. The van der Waals surface area contributed by atoms with Crippen molar-refractivity contribution < 1.29 is 9.53 Å². The third kappa shape index (κ3) is 5.39. The minimum Gasteiger partial charge on any atom is -0.497 e. The average molecular weight is 367 g/mol. The summed E-state index contributed by atoms with van der Waals surface area (Å²) in [6, 6.07) is 18.0. The molecule has 1 amide bonds. The summed E-state index contributed by atoms with van der Waals surface area (Å²) in [5, 5.41) is 12.5. The summed E-state index contributed by atoms with van der Waals surface area (Å²) in [5.41, 5.74) is 2.37. The zero-order chi connectivity index (χ0) is 18.2. The van der Waals surface area contributed by atoms with Crippen LogP contribution in [0.1, 0.15) is 22.6 Å². The van der Waals surface area contributed by atoms with Gasteiger partial charge in [-0.2, -0.15) is 0 Å². The average Bonchev–Trinajstić information content (AvgIpc) is 3.13. The number of anilines is 1. The van der Waals surface area contributed by atoms with Gasteiger partial charge in [0.2, 0.25) is 11.0 Å². The molecule has 0 fully saturated rings. The van der Waals surface area contributed by atoms with E-state index in [4.69, 9.17) is 4.74 Å². The fourth-order valence-corrected chi connectivity index (χ4v) is 3.29. The van der Waals surface area contributed by atoms with Crippen LogP contribution in [0, 0.1) is 0 Å². The summed E-state index contributed by atoms with van der Waals surface area (Å²) in [5.74, 6) is 0.817. The second-order valence-electron chi connectivity index (χ2n) is 5.88. The lowest BCUT2D eigenvalue weighted by Crippen LogP contribution is -2.12. The molecule has 0 saturated carbocycles. The van der Waals surface area contributed by atoms with E-state index in [9.17, 15) is 4.79 Å². The molecule has 3 aromatic rings. The van der Waals surface area contributed by atoms with Crippen LogP contribution in [0.5, 0.6) is 5.75 Å². The molecule has 1 aromatic heterocycles. The molecule has 3 rings (SSSR count). The number of carbonyl (C=O) groups is 1. The van der Waals surface area contributed by atoms with Crippen LogP contribution < -0.4 is 10.1 Å². The predicted octanol–water partition coefficient (Wildman–Crippen LogP) is 3.90. The standard InChI is InChI=1S/C20H21N3O2S/c1-25-17-11-7-16(8-12-17)10-14-19-22-23-20(26-19)21-18(24)13-9-15-5-3-2-4-6-15/h2-8,11-12H,9-10,13-14H2,1H3,(H,21,23,24). The van der Waals surface area contributed by atoms with Crippen LogP contribution in [-0.2, 0) is 24.1 Å². The maximum atomic E-state index is 12.1. The number of aryl methyl sites for hydroxylation is 3. The number of benzene rings is 2. The van der Waals surface area contributed by atoms with Crippen molar-refractivity contribution in [2.75, 3.05) is 12.4 Å². The van der Waals surface area contributed by atoms with Crippen LogP contribution >= 0.6 is 11.3 Å². The molecule has 0 aliphatic rings. The van der Waals surface area contributed by atoms with E-state index < -0.39 is 0 Å². The lowest BCUT2D eigenvalue weighted by Gasteiger charge is -2.02. The van der Waals surface area contributed by atoms with Gasteiger partial charge < -0.3 is 10.1 Å². The number of hydrogen-bond donors (Lipinski definition) is 1. The minimum absolute atomic E-state index is 0.0355. The van der Waals surface area contributed by atoms with Gasteiger partial charge in [0.15, 0.2) is 0 Å². The van der Waals surface area contributed by atoms with Gasteiger partial charge in [-0.25, -0.2) is 0 Å². The van der Waals surface area contributed by atoms with Crippen molar-refractivity contribution in [3.63, 3.8) is 0 Å². The number of ether oxygens (including phenoxy) is 1. The lowest BCUT2D eigenvalue weighted by atomic mass is 10.1. The van der Waals surface area contributed by atoms with Crippen molar-refractivity contribution in [1.82, 2.24) is 10.2 Å². The van der Waals surface area contributed by atoms with Gasteiger partial charge in [-0.05, 0) is 36.1 Å². The third-order valence-electron chi connectivity index (χ3n) is 3.98. The Kier molecular flexibility index (Phi) is 6.33. The van der Waals surface area contributed by atoms with Crippen molar-refractivity contribution in [1.29, 1.82) is 0 Å². The molecule has 5 nitrogen and oxygen atoms in total. The largest absolute Gasteiger partial charge is 0.497 e. The minimum atomic E-state index is -0.0355. The van der Waals surface area contributed by atoms with Crippen LogP contribution in [0.4, 0.5) is 5.13 Å². The molecule has 6 heteroatoms. The fourth-order valence-electron chi connectivity index (χ4n) is 2.53. The first-order chi connectivity index (χ1) is 12.7. The predicted molar refractivity (Wildman–Crippen MR) is 104 cm³/mol. The van der Waals surface area contributed by atoms with Gasteiger partial charge in [0.05, 0.1) is 7.11 Å². The summed E-state index contributed by atoms with van der Waals surface area (Å²) >= 11 is 1.43. The number of hydrogen-bond acceptors (Lipinski definition) is 5. The molecule has 0 spiro atoms. The first-order valence-corrected chi connectivity index (χ1v) is 9.33. The molecule has 0 bridgehead atoms. The number of nitrogens with one attached hydrogen (secondary N) is 1. The molecule has 0 aliphatic carbocycles. The monoisotopic (exact) mass is 367 g/mol. The quantitative estimate of drug-likeness (QED) is 0.656. The Morgan fingerprint density at radius 3 is 2.42 bits per heavy atom. The highest BCUT2D eigenvalue weighted by Crippen LogP contribution is 2.19. The molecular formula is C20H21N3O2S. The van der Waals surface area contributed by atoms with Crippen molar-refractivity contribution >= 4 is 22.4 Å². The zero-order valence-electron chi connectivity index (χ0n) is 14.6. The van der Waals surface area contributed by atoms with Crippen LogP contribution in [0.15, 0.2) is 54.6 Å². The van der Waals surface area contributed by atoms with Crippen molar-refractivity contribution in [3.8, 4) is 5.75 Å². The normalized spacial score (nSPS) is 10.5. The van der Waals surface area contributed by atoms with Gasteiger partial charge >= 0.3 is 0 Å². The summed E-state index contributed by atoms with van der Waals surface area (Å²) in [4.78, 5) is 12.1.